The number of hydrogen-bond acceptors (Lipinski definition) is 6. The molecule has 7 heteroatoms. The Kier molecular flexibility index (Phi) is 2.96. The van der Waals surface area contributed by atoms with Gasteiger partial charge in [-0.25, -0.2) is 15.0 Å². The molecule has 0 aliphatic carbocycles. The minimum atomic E-state index is -0.717. The molecule has 4 atom stereocenters. The maximum Gasteiger partial charge on any atom is 0.165 e. The van der Waals surface area contributed by atoms with Crippen LogP contribution >= 0.6 is 0 Å². The summed E-state index contributed by atoms with van der Waals surface area (Å²) in [7, 11) is 0. The van der Waals surface area contributed by atoms with Crippen LogP contribution in [0.25, 0.3) is 11.2 Å². The van der Waals surface area contributed by atoms with Gasteiger partial charge in [-0.2, -0.15) is 0 Å². The van der Waals surface area contributed by atoms with Crippen molar-refractivity contribution in [3.8, 4) is 0 Å². The van der Waals surface area contributed by atoms with Crippen LogP contribution in [-0.2, 0) is 4.74 Å². The molecule has 2 N–H and O–H groups in total. The lowest BCUT2D eigenvalue weighted by Crippen LogP contribution is -2.32. The first-order valence-corrected chi connectivity index (χ1v) is 6.23. The highest BCUT2D eigenvalue weighted by molar-refractivity contribution is 5.72. The highest BCUT2D eigenvalue weighted by Crippen LogP contribution is 2.32. The standard InChI is InChI=1S/C12H16N4O3/c1-6-10-12(14-4-13-6)16(5-15-10)9-3-8(18)11(19-9)7(2)17/h4-5,7-9,11,17-18H,3H2,1-2H3/t7-,8+,9-,11-/m1/s1. The molecule has 0 radical (unpaired) electrons. The van der Waals surface area contributed by atoms with Crippen LogP contribution in [0.4, 0.5) is 0 Å². The number of aromatic nitrogens is 4. The van der Waals surface area contributed by atoms with Gasteiger partial charge in [0.2, 0.25) is 0 Å². The van der Waals surface area contributed by atoms with E-state index in [1.54, 1.807) is 17.8 Å². The number of hydrogen-bond donors (Lipinski definition) is 2. The molecule has 0 saturated carbocycles. The van der Waals surface area contributed by atoms with E-state index < -0.39 is 18.3 Å². The molecular weight excluding hydrogens is 248 g/mol. The maximum atomic E-state index is 9.90. The van der Waals surface area contributed by atoms with E-state index in [0.717, 1.165) is 11.2 Å². The summed E-state index contributed by atoms with van der Waals surface area (Å²) in [6.07, 6.45) is 1.17. The number of aliphatic hydroxyl groups excluding tert-OH is 2. The summed E-state index contributed by atoms with van der Waals surface area (Å²) in [6, 6.07) is 0. The van der Waals surface area contributed by atoms with Gasteiger partial charge in [0.05, 0.1) is 24.2 Å². The number of aryl methyl sites for hydroxylation is 1. The van der Waals surface area contributed by atoms with Crippen LogP contribution in [0.5, 0.6) is 0 Å². The van der Waals surface area contributed by atoms with Crippen molar-refractivity contribution in [2.45, 2.75) is 44.8 Å². The molecule has 1 aliphatic heterocycles. The van der Waals surface area contributed by atoms with Gasteiger partial charge in [0.15, 0.2) is 5.65 Å². The second kappa shape index (κ2) is 4.52. The fourth-order valence-corrected chi connectivity index (χ4v) is 2.46. The zero-order chi connectivity index (χ0) is 13.6. The molecule has 2 aromatic heterocycles. The predicted molar refractivity (Wildman–Crippen MR) is 66.3 cm³/mol. The second-order valence-electron chi connectivity index (χ2n) is 4.88. The van der Waals surface area contributed by atoms with E-state index in [1.807, 2.05) is 6.92 Å². The Morgan fingerprint density at radius 3 is 2.89 bits per heavy atom. The zero-order valence-electron chi connectivity index (χ0n) is 10.8. The maximum absolute atomic E-state index is 9.90. The molecule has 102 valence electrons. The van der Waals surface area contributed by atoms with Crippen LogP contribution in [0.2, 0.25) is 0 Å². The molecule has 19 heavy (non-hydrogen) atoms. The van der Waals surface area contributed by atoms with Gasteiger partial charge >= 0.3 is 0 Å². The van der Waals surface area contributed by atoms with E-state index in [-0.39, 0.29) is 6.23 Å². The number of ether oxygens (including phenoxy) is 1. The first-order chi connectivity index (χ1) is 9.08. The van der Waals surface area contributed by atoms with Crippen molar-refractivity contribution in [1.82, 2.24) is 19.5 Å². The van der Waals surface area contributed by atoms with Gasteiger partial charge in [0.25, 0.3) is 0 Å². The van der Waals surface area contributed by atoms with E-state index >= 15 is 0 Å². The topological polar surface area (TPSA) is 93.3 Å². The molecule has 3 heterocycles. The van der Waals surface area contributed by atoms with Crippen molar-refractivity contribution in [2.24, 2.45) is 0 Å². The van der Waals surface area contributed by atoms with Gasteiger partial charge < -0.3 is 14.9 Å². The average molecular weight is 264 g/mol. The molecule has 0 spiro atoms. The van der Waals surface area contributed by atoms with Crippen molar-refractivity contribution < 1.29 is 14.9 Å². The Balaban J connectivity index is 1.96. The molecule has 1 fully saturated rings. The molecule has 1 saturated heterocycles. The van der Waals surface area contributed by atoms with Crippen LogP contribution < -0.4 is 0 Å². The van der Waals surface area contributed by atoms with Gasteiger partial charge in [-0.3, -0.25) is 4.57 Å². The van der Waals surface area contributed by atoms with E-state index in [4.69, 9.17) is 4.74 Å². The molecular formula is C12H16N4O3. The largest absolute Gasteiger partial charge is 0.391 e. The molecule has 7 nitrogen and oxygen atoms in total. The lowest BCUT2D eigenvalue weighted by atomic mass is 10.1. The first kappa shape index (κ1) is 12.5. The third-order valence-corrected chi connectivity index (χ3v) is 3.46. The third-order valence-electron chi connectivity index (χ3n) is 3.46. The molecule has 0 amide bonds. The summed E-state index contributed by atoms with van der Waals surface area (Å²) in [5.74, 6) is 0. The summed E-state index contributed by atoms with van der Waals surface area (Å²) < 4.78 is 7.46. The quantitative estimate of drug-likeness (QED) is 0.802. The first-order valence-electron chi connectivity index (χ1n) is 6.23. The number of fused-ring (bicyclic) bond motifs is 1. The molecule has 2 aromatic rings. The highest BCUT2D eigenvalue weighted by Gasteiger charge is 2.38. The smallest absolute Gasteiger partial charge is 0.165 e. The average Bonchev–Trinajstić information content (AvgIpc) is 2.93. The summed E-state index contributed by atoms with van der Waals surface area (Å²) >= 11 is 0. The Labute approximate surface area is 109 Å². The van der Waals surface area contributed by atoms with Gasteiger partial charge in [0, 0.05) is 6.42 Å². The number of nitrogens with zero attached hydrogens (tertiary/aromatic N) is 4. The van der Waals surface area contributed by atoms with Crippen molar-refractivity contribution in [3.05, 3.63) is 18.3 Å². The molecule has 0 aromatic carbocycles. The molecule has 3 rings (SSSR count). The van der Waals surface area contributed by atoms with Crippen LogP contribution in [0.15, 0.2) is 12.7 Å². The number of aliphatic hydroxyl groups is 2. The van der Waals surface area contributed by atoms with E-state index in [0.29, 0.717) is 12.1 Å². The van der Waals surface area contributed by atoms with Crippen LogP contribution in [-0.4, -0.2) is 48.0 Å². The normalized spacial score (nSPS) is 28.9. The molecule has 0 bridgehead atoms. The fourth-order valence-electron chi connectivity index (χ4n) is 2.46. The van der Waals surface area contributed by atoms with Gasteiger partial charge in [-0.15, -0.1) is 0 Å². The van der Waals surface area contributed by atoms with Crippen molar-refractivity contribution in [1.29, 1.82) is 0 Å². The van der Waals surface area contributed by atoms with Crippen LogP contribution in [0, 0.1) is 6.92 Å². The number of imidazole rings is 1. The van der Waals surface area contributed by atoms with E-state index in [1.165, 1.54) is 6.33 Å². The minimum Gasteiger partial charge on any atom is -0.391 e. The van der Waals surface area contributed by atoms with E-state index in [2.05, 4.69) is 15.0 Å². The molecule has 0 unspecified atom stereocenters. The summed E-state index contributed by atoms with van der Waals surface area (Å²) in [5.41, 5.74) is 2.20. The van der Waals surface area contributed by atoms with Crippen molar-refractivity contribution >= 4 is 11.2 Å². The van der Waals surface area contributed by atoms with E-state index in [9.17, 15) is 10.2 Å². The Morgan fingerprint density at radius 2 is 2.21 bits per heavy atom. The summed E-state index contributed by atoms with van der Waals surface area (Å²) in [6.45, 7) is 3.47. The summed E-state index contributed by atoms with van der Waals surface area (Å²) in [5, 5.41) is 19.5. The summed E-state index contributed by atoms with van der Waals surface area (Å²) in [4.78, 5) is 12.6. The lowest BCUT2D eigenvalue weighted by molar-refractivity contribution is -0.0750. The van der Waals surface area contributed by atoms with Crippen LogP contribution in [0.3, 0.4) is 0 Å². The Hall–Kier alpha value is -1.57. The SMILES string of the molecule is Cc1ncnc2c1ncn2[C@H]1C[C@H](O)[C@@H]([C@@H](C)O)O1. The van der Waals surface area contributed by atoms with Crippen molar-refractivity contribution in [2.75, 3.05) is 0 Å². The third kappa shape index (κ3) is 1.99. The number of rotatable bonds is 2. The minimum absolute atomic E-state index is 0.367. The Morgan fingerprint density at radius 1 is 1.42 bits per heavy atom. The van der Waals surface area contributed by atoms with Gasteiger partial charge in [-0.1, -0.05) is 0 Å². The zero-order valence-corrected chi connectivity index (χ0v) is 10.8. The second-order valence-corrected chi connectivity index (χ2v) is 4.88. The van der Waals surface area contributed by atoms with Crippen molar-refractivity contribution in [3.63, 3.8) is 0 Å². The highest BCUT2D eigenvalue weighted by atomic mass is 16.5. The van der Waals surface area contributed by atoms with Crippen LogP contribution in [0.1, 0.15) is 25.3 Å². The predicted octanol–water partition coefficient (Wildman–Crippen LogP) is 0.164. The van der Waals surface area contributed by atoms with Gasteiger partial charge in [-0.05, 0) is 13.8 Å². The molecule has 1 aliphatic rings. The van der Waals surface area contributed by atoms with Gasteiger partial charge in [0.1, 0.15) is 24.2 Å². The fraction of sp³-hybridized carbons (Fsp3) is 0.583. The Bertz CT molecular complexity index is 598. The monoisotopic (exact) mass is 264 g/mol. The lowest BCUT2D eigenvalue weighted by Gasteiger charge is -2.17.